The number of likely N-dealkylation sites (tertiary alicyclic amines) is 1. The molecule has 0 aromatic carbocycles. The molecule has 3 rings (SSSR count). The van der Waals surface area contributed by atoms with Crippen molar-refractivity contribution in [3.8, 4) is 0 Å². The Balaban J connectivity index is 1.55. The van der Waals surface area contributed by atoms with E-state index in [4.69, 9.17) is 0 Å². The monoisotopic (exact) mass is 308 g/mol. The molecule has 0 spiro atoms. The van der Waals surface area contributed by atoms with Gasteiger partial charge in [0, 0.05) is 17.1 Å². The van der Waals surface area contributed by atoms with Crippen molar-refractivity contribution in [2.45, 2.75) is 51.2 Å². The first-order valence-corrected chi connectivity index (χ1v) is 8.77. The van der Waals surface area contributed by atoms with Crippen molar-refractivity contribution >= 4 is 17.2 Å². The van der Waals surface area contributed by atoms with Crippen LogP contribution >= 0.6 is 11.3 Å². The van der Waals surface area contributed by atoms with Crippen LogP contribution in [0.3, 0.4) is 0 Å². The SMILES string of the molecule is Cc1csc(CNC(=O)C2CCCN2C2CCNCC2)n1. The van der Waals surface area contributed by atoms with Crippen molar-refractivity contribution in [2.75, 3.05) is 19.6 Å². The van der Waals surface area contributed by atoms with Gasteiger partial charge in [0.15, 0.2) is 0 Å². The summed E-state index contributed by atoms with van der Waals surface area (Å²) in [7, 11) is 0. The fraction of sp³-hybridized carbons (Fsp3) is 0.733. The number of nitrogens with one attached hydrogen (secondary N) is 2. The number of amides is 1. The van der Waals surface area contributed by atoms with Gasteiger partial charge in [0.2, 0.25) is 5.91 Å². The maximum absolute atomic E-state index is 12.5. The lowest BCUT2D eigenvalue weighted by atomic mass is 10.0. The number of aryl methyl sites for hydroxylation is 1. The summed E-state index contributed by atoms with van der Waals surface area (Å²) in [5, 5.41) is 9.49. The predicted molar refractivity (Wildman–Crippen MR) is 84.3 cm³/mol. The van der Waals surface area contributed by atoms with Crippen LogP contribution in [0.4, 0.5) is 0 Å². The number of hydrogen-bond acceptors (Lipinski definition) is 5. The van der Waals surface area contributed by atoms with Crippen LogP contribution in [0.1, 0.15) is 36.4 Å². The molecule has 1 aromatic rings. The summed E-state index contributed by atoms with van der Waals surface area (Å²) < 4.78 is 0. The lowest BCUT2D eigenvalue weighted by molar-refractivity contribution is -0.126. The second-order valence-corrected chi connectivity index (χ2v) is 6.92. The largest absolute Gasteiger partial charge is 0.348 e. The summed E-state index contributed by atoms with van der Waals surface area (Å²) in [6.45, 7) is 5.77. The Morgan fingerprint density at radius 3 is 3.00 bits per heavy atom. The fourth-order valence-electron chi connectivity index (χ4n) is 3.41. The highest BCUT2D eigenvalue weighted by Crippen LogP contribution is 2.24. The van der Waals surface area contributed by atoms with Crippen LogP contribution in [0.2, 0.25) is 0 Å². The molecule has 2 saturated heterocycles. The number of aromatic nitrogens is 1. The summed E-state index contributed by atoms with van der Waals surface area (Å²) in [6.07, 6.45) is 4.45. The molecule has 2 aliphatic rings. The van der Waals surface area contributed by atoms with E-state index in [0.717, 1.165) is 56.0 Å². The molecule has 1 unspecified atom stereocenters. The molecule has 5 nitrogen and oxygen atoms in total. The van der Waals surface area contributed by atoms with Crippen LogP contribution in [0.25, 0.3) is 0 Å². The highest BCUT2D eigenvalue weighted by Gasteiger charge is 2.35. The maximum atomic E-state index is 12.5. The van der Waals surface area contributed by atoms with E-state index in [1.165, 1.54) is 0 Å². The Bertz CT molecular complexity index is 484. The third-order valence-electron chi connectivity index (χ3n) is 4.45. The second kappa shape index (κ2) is 6.85. The minimum atomic E-state index is 0.0640. The highest BCUT2D eigenvalue weighted by atomic mass is 32.1. The van der Waals surface area contributed by atoms with E-state index in [1.807, 2.05) is 12.3 Å². The van der Waals surface area contributed by atoms with E-state index < -0.39 is 0 Å². The molecule has 3 heterocycles. The number of piperidine rings is 1. The molecule has 1 aromatic heterocycles. The topological polar surface area (TPSA) is 57.3 Å². The fourth-order valence-corrected chi connectivity index (χ4v) is 4.12. The summed E-state index contributed by atoms with van der Waals surface area (Å²) in [4.78, 5) is 19.3. The van der Waals surface area contributed by atoms with Crippen LogP contribution < -0.4 is 10.6 Å². The summed E-state index contributed by atoms with van der Waals surface area (Å²) in [5.41, 5.74) is 1.03. The van der Waals surface area contributed by atoms with Crippen molar-refractivity contribution in [1.82, 2.24) is 20.5 Å². The Kier molecular flexibility index (Phi) is 4.87. The van der Waals surface area contributed by atoms with Gasteiger partial charge in [0.1, 0.15) is 5.01 Å². The molecule has 0 radical (unpaired) electrons. The molecule has 2 fully saturated rings. The van der Waals surface area contributed by atoms with E-state index in [-0.39, 0.29) is 11.9 Å². The molecule has 116 valence electrons. The second-order valence-electron chi connectivity index (χ2n) is 5.98. The highest BCUT2D eigenvalue weighted by molar-refractivity contribution is 7.09. The first-order valence-electron chi connectivity index (χ1n) is 7.89. The number of carbonyl (C=O) groups excluding carboxylic acids is 1. The molecule has 0 bridgehead atoms. The van der Waals surface area contributed by atoms with E-state index >= 15 is 0 Å². The van der Waals surface area contributed by atoms with E-state index in [1.54, 1.807) is 11.3 Å². The molecular weight excluding hydrogens is 284 g/mol. The third-order valence-corrected chi connectivity index (χ3v) is 5.42. The van der Waals surface area contributed by atoms with Crippen molar-refractivity contribution in [2.24, 2.45) is 0 Å². The number of carbonyl (C=O) groups is 1. The summed E-state index contributed by atoms with van der Waals surface area (Å²) >= 11 is 1.62. The van der Waals surface area contributed by atoms with Crippen molar-refractivity contribution in [3.05, 3.63) is 16.1 Å². The Labute approximate surface area is 130 Å². The lowest BCUT2D eigenvalue weighted by Gasteiger charge is -2.35. The molecular formula is C15H24N4OS. The van der Waals surface area contributed by atoms with Gasteiger partial charge in [-0.25, -0.2) is 4.98 Å². The van der Waals surface area contributed by atoms with Gasteiger partial charge in [-0.15, -0.1) is 11.3 Å². The van der Waals surface area contributed by atoms with Crippen molar-refractivity contribution in [3.63, 3.8) is 0 Å². The molecule has 6 heteroatoms. The molecule has 21 heavy (non-hydrogen) atoms. The van der Waals surface area contributed by atoms with Crippen molar-refractivity contribution in [1.29, 1.82) is 0 Å². The molecule has 0 saturated carbocycles. The molecule has 1 amide bonds. The van der Waals surface area contributed by atoms with Crippen LogP contribution in [-0.2, 0) is 11.3 Å². The van der Waals surface area contributed by atoms with Gasteiger partial charge in [-0.05, 0) is 52.2 Å². The van der Waals surface area contributed by atoms with Gasteiger partial charge in [-0.3, -0.25) is 9.69 Å². The van der Waals surface area contributed by atoms with Gasteiger partial charge in [0.25, 0.3) is 0 Å². The first kappa shape index (κ1) is 14.9. The van der Waals surface area contributed by atoms with E-state index in [9.17, 15) is 4.79 Å². The number of rotatable bonds is 4. The number of thiazole rings is 1. The minimum Gasteiger partial charge on any atom is -0.348 e. The van der Waals surface area contributed by atoms with Crippen LogP contribution in [-0.4, -0.2) is 47.5 Å². The number of hydrogen-bond donors (Lipinski definition) is 2. The van der Waals surface area contributed by atoms with Crippen LogP contribution in [0.15, 0.2) is 5.38 Å². The van der Waals surface area contributed by atoms with Gasteiger partial charge in [0.05, 0.1) is 12.6 Å². The quantitative estimate of drug-likeness (QED) is 0.880. The standard InChI is InChI=1S/C15H24N4OS/c1-11-10-21-14(18-11)9-17-15(20)13-3-2-8-19(13)12-4-6-16-7-5-12/h10,12-13,16H,2-9H2,1H3,(H,17,20). The van der Waals surface area contributed by atoms with Crippen LogP contribution in [0, 0.1) is 6.92 Å². The Morgan fingerprint density at radius 1 is 1.48 bits per heavy atom. The van der Waals surface area contributed by atoms with E-state index in [0.29, 0.717) is 12.6 Å². The Morgan fingerprint density at radius 2 is 2.29 bits per heavy atom. The van der Waals surface area contributed by atoms with Crippen molar-refractivity contribution < 1.29 is 4.79 Å². The lowest BCUT2D eigenvalue weighted by Crippen LogP contribution is -2.50. The molecule has 0 aliphatic carbocycles. The molecule has 2 aliphatic heterocycles. The van der Waals surface area contributed by atoms with Crippen LogP contribution in [0.5, 0.6) is 0 Å². The van der Waals surface area contributed by atoms with E-state index in [2.05, 4.69) is 20.5 Å². The molecule has 1 atom stereocenters. The third kappa shape index (κ3) is 3.62. The first-order chi connectivity index (χ1) is 10.2. The Hall–Kier alpha value is -0.980. The maximum Gasteiger partial charge on any atom is 0.237 e. The summed E-state index contributed by atoms with van der Waals surface area (Å²) in [6, 6.07) is 0.640. The predicted octanol–water partition coefficient (Wildman–Crippen LogP) is 1.28. The minimum absolute atomic E-state index is 0.0640. The van der Waals surface area contributed by atoms with Gasteiger partial charge >= 0.3 is 0 Å². The number of nitrogens with zero attached hydrogens (tertiary/aromatic N) is 2. The zero-order valence-corrected chi connectivity index (χ0v) is 13.4. The average molecular weight is 308 g/mol. The van der Waals surface area contributed by atoms with Gasteiger partial charge in [-0.1, -0.05) is 0 Å². The zero-order valence-electron chi connectivity index (χ0n) is 12.6. The normalized spacial score (nSPS) is 24.3. The van der Waals surface area contributed by atoms with Gasteiger partial charge < -0.3 is 10.6 Å². The zero-order chi connectivity index (χ0) is 14.7. The summed E-state index contributed by atoms with van der Waals surface area (Å²) in [5.74, 6) is 0.180. The smallest absolute Gasteiger partial charge is 0.237 e. The van der Waals surface area contributed by atoms with Gasteiger partial charge in [-0.2, -0.15) is 0 Å². The average Bonchev–Trinajstić information content (AvgIpc) is 3.14. The molecule has 2 N–H and O–H groups in total.